The van der Waals surface area contributed by atoms with Crippen LogP contribution in [-0.4, -0.2) is 61.1 Å². The maximum Gasteiger partial charge on any atom is 0.273 e. The number of nitrogens with zero attached hydrogens (tertiary/aromatic N) is 4. The predicted octanol–water partition coefficient (Wildman–Crippen LogP) is 3.70. The molecule has 9 nitrogen and oxygen atoms in total. The average Bonchev–Trinajstić information content (AvgIpc) is 3.33. The van der Waals surface area contributed by atoms with E-state index >= 15 is 0 Å². The number of para-hydroxylation sites is 1. The molecule has 0 atom stereocenters. The highest BCUT2D eigenvalue weighted by atomic mass is 32.1. The third-order valence-electron chi connectivity index (χ3n) is 5.35. The number of aromatic nitrogens is 1. The Morgan fingerprint density at radius 1 is 1.06 bits per heavy atom. The van der Waals surface area contributed by atoms with Gasteiger partial charge < -0.3 is 19.3 Å². The summed E-state index contributed by atoms with van der Waals surface area (Å²) in [5.74, 6) is 1.08. The van der Waals surface area contributed by atoms with Gasteiger partial charge in [-0.15, -0.1) is 11.3 Å². The third-order valence-corrected chi connectivity index (χ3v) is 6.22. The molecule has 2 aromatic carbocycles. The van der Waals surface area contributed by atoms with Crippen molar-refractivity contribution in [3.63, 3.8) is 0 Å². The smallest absolute Gasteiger partial charge is 0.273 e. The minimum absolute atomic E-state index is 0.0644. The van der Waals surface area contributed by atoms with Crippen molar-refractivity contribution in [1.82, 2.24) is 9.88 Å². The fourth-order valence-corrected chi connectivity index (χ4v) is 4.48. The first kappa shape index (κ1) is 21.6. The van der Waals surface area contributed by atoms with Crippen molar-refractivity contribution in [1.29, 1.82) is 0 Å². The van der Waals surface area contributed by atoms with Gasteiger partial charge in [-0.25, -0.2) is 4.98 Å². The molecule has 1 aliphatic heterocycles. The van der Waals surface area contributed by atoms with Gasteiger partial charge in [0.2, 0.25) is 0 Å². The number of hydrogen-bond acceptors (Lipinski definition) is 8. The number of non-ortho nitro benzene ring substituents is 1. The molecule has 1 saturated heterocycles. The highest BCUT2D eigenvalue weighted by Crippen LogP contribution is 2.39. The van der Waals surface area contributed by atoms with Gasteiger partial charge in [-0.3, -0.25) is 14.9 Å². The Morgan fingerprint density at radius 2 is 1.78 bits per heavy atom. The summed E-state index contributed by atoms with van der Waals surface area (Å²) in [5.41, 5.74) is 2.15. The normalized spacial score (nSPS) is 13.7. The molecule has 1 aliphatic rings. The number of carbonyl (C=O) groups excluding carboxylic acids is 1. The Hall–Kier alpha value is -3.66. The Bertz CT molecular complexity index is 1120. The number of thiazole rings is 1. The van der Waals surface area contributed by atoms with Crippen LogP contribution in [-0.2, 0) is 0 Å². The number of ether oxygens (including phenoxy) is 2. The van der Waals surface area contributed by atoms with Gasteiger partial charge in [-0.05, 0) is 24.3 Å². The molecular weight excluding hydrogens is 432 g/mol. The first-order chi connectivity index (χ1) is 15.5. The van der Waals surface area contributed by atoms with E-state index in [2.05, 4.69) is 9.88 Å². The van der Waals surface area contributed by atoms with Gasteiger partial charge in [0.15, 0.2) is 11.5 Å². The molecule has 1 fully saturated rings. The topological polar surface area (TPSA) is 98.0 Å². The molecule has 32 heavy (non-hydrogen) atoms. The van der Waals surface area contributed by atoms with Crippen LogP contribution in [0.25, 0.3) is 10.6 Å². The zero-order valence-electron chi connectivity index (χ0n) is 17.7. The molecule has 166 valence electrons. The van der Waals surface area contributed by atoms with E-state index in [1.165, 1.54) is 23.5 Å². The maximum absolute atomic E-state index is 13.0. The number of methoxy groups -OCH3 is 2. The quantitative estimate of drug-likeness (QED) is 0.414. The number of rotatable bonds is 6. The lowest BCUT2D eigenvalue weighted by atomic mass is 10.2. The van der Waals surface area contributed by atoms with E-state index in [4.69, 9.17) is 9.47 Å². The molecule has 0 bridgehead atoms. The van der Waals surface area contributed by atoms with Gasteiger partial charge in [0.1, 0.15) is 10.7 Å². The Labute approximate surface area is 189 Å². The first-order valence-electron chi connectivity index (χ1n) is 9.97. The van der Waals surface area contributed by atoms with Crippen LogP contribution < -0.4 is 14.4 Å². The highest BCUT2D eigenvalue weighted by molar-refractivity contribution is 7.13. The van der Waals surface area contributed by atoms with Crippen molar-refractivity contribution in [2.24, 2.45) is 0 Å². The SMILES string of the molecule is COc1cccc(-c2nc(C(=O)N3CCN(c4ccc([N+](=O)[O-])cc4)CC3)cs2)c1OC. The van der Waals surface area contributed by atoms with Crippen LogP contribution in [0.2, 0.25) is 0 Å². The van der Waals surface area contributed by atoms with Crippen LogP contribution in [0.15, 0.2) is 47.8 Å². The Balaban J connectivity index is 1.43. The summed E-state index contributed by atoms with van der Waals surface area (Å²) in [6.07, 6.45) is 0. The van der Waals surface area contributed by atoms with Crippen LogP contribution in [0.5, 0.6) is 11.5 Å². The van der Waals surface area contributed by atoms with Gasteiger partial charge in [-0.2, -0.15) is 0 Å². The fraction of sp³-hybridized carbons (Fsp3) is 0.273. The summed E-state index contributed by atoms with van der Waals surface area (Å²) in [7, 11) is 3.15. The monoisotopic (exact) mass is 454 g/mol. The van der Waals surface area contributed by atoms with Crippen LogP contribution in [0.3, 0.4) is 0 Å². The maximum atomic E-state index is 13.0. The zero-order valence-corrected chi connectivity index (χ0v) is 18.5. The van der Waals surface area contributed by atoms with Crippen molar-refractivity contribution in [2.45, 2.75) is 0 Å². The molecule has 0 spiro atoms. The lowest BCUT2D eigenvalue weighted by Gasteiger charge is -2.35. The van der Waals surface area contributed by atoms with E-state index in [9.17, 15) is 14.9 Å². The molecular formula is C22H22N4O5S. The number of nitro benzene ring substituents is 1. The number of piperazine rings is 1. The number of hydrogen-bond donors (Lipinski definition) is 0. The zero-order chi connectivity index (χ0) is 22.7. The average molecular weight is 455 g/mol. The van der Waals surface area contributed by atoms with Gasteiger partial charge >= 0.3 is 0 Å². The van der Waals surface area contributed by atoms with E-state index in [1.54, 1.807) is 36.6 Å². The number of carbonyl (C=O) groups is 1. The van der Waals surface area contributed by atoms with E-state index < -0.39 is 4.92 Å². The summed E-state index contributed by atoms with van der Waals surface area (Å²) >= 11 is 1.39. The Kier molecular flexibility index (Phi) is 6.22. The summed E-state index contributed by atoms with van der Waals surface area (Å²) in [4.78, 5) is 31.9. The van der Waals surface area contributed by atoms with Crippen molar-refractivity contribution in [3.05, 3.63) is 63.7 Å². The summed E-state index contributed by atoms with van der Waals surface area (Å²) in [6, 6.07) is 12.0. The van der Waals surface area contributed by atoms with Crippen LogP contribution in [0, 0.1) is 10.1 Å². The summed E-state index contributed by atoms with van der Waals surface area (Å²) < 4.78 is 10.8. The molecule has 4 rings (SSSR count). The van der Waals surface area contributed by atoms with Gasteiger partial charge in [-0.1, -0.05) is 6.07 Å². The van der Waals surface area contributed by atoms with Crippen LogP contribution in [0.4, 0.5) is 11.4 Å². The molecule has 0 unspecified atom stereocenters. The van der Waals surface area contributed by atoms with Crippen molar-refractivity contribution < 1.29 is 19.2 Å². The van der Waals surface area contributed by atoms with Crippen molar-refractivity contribution >= 4 is 28.6 Å². The number of amides is 1. The van der Waals surface area contributed by atoms with Crippen LogP contribution >= 0.6 is 11.3 Å². The second-order valence-corrected chi connectivity index (χ2v) is 7.99. The van der Waals surface area contributed by atoms with Gasteiger partial charge in [0, 0.05) is 49.4 Å². The second kappa shape index (κ2) is 9.23. The molecule has 0 radical (unpaired) electrons. The molecule has 0 N–H and O–H groups in total. The van der Waals surface area contributed by atoms with Crippen molar-refractivity contribution in [2.75, 3.05) is 45.3 Å². The summed E-state index contributed by atoms with van der Waals surface area (Å²) in [5, 5.41) is 13.3. The highest BCUT2D eigenvalue weighted by Gasteiger charge is 2.25. The van der Waals surface area contributed by atoms with Gasteiger partial charge in [0.25, 0.3) is 11.6 Å². The van der Waals surface area contributed by atoms with E-state index in [0.29, 0.717) is 48.4 Å². The van der Waals surface area contributed by atoms with E-state index in [-0.39, 0.29) is 11.6 Å². The molecule has 10 heteroatoms. The fourth-order valence-electron chi connectivity index (χ4n) is 3.67. The minimum atomic E-state index is -0.413. The molecule has 0 aliphatic carbocycles. The summed E-state index contributed by atoms with van der Waals surface area (Å²) in [6.45, 7) is 2.38. The van der Waals surface area contributed by atoms with Gasteiger partial charge in [0.05, 0.1) is 24.7 Å². The first-order valence-corrected chi connectivity index (χ1v) is 10.9. The molecule has 3 aromatic rings. The molecule has 1 aromatic heterocycles. The largest absolute Gasteiger partial charge is 0.493 e. The molecule has 1 amide bonds. The van der Waals surface area contributed by atoms with Crippen LogP contribution in [0.1, 0.15) is 10.5 Å². The lowest BCUT2D eigenvalue weighted by Crippen LogP contribution is -2.48. The number of benzene rings is 2. The lowest BCUT2D eigenvalue weighted by molar-refractivity contribution is -0.384. The standard InChI is InChI=1S/C22H22N4O5S/c1-30-19-5-3-4-17(20(19)31-2)21-23-18(14-32-21)22(27)25-12-10-24(11-13-25)15-6-8-16(9-7-15)26(28)29/h3-9,14H,10-13H2,1-2H3. The molecule has 2 heterocycles. The number of nitro groups is 1. The third kappa shape index (κ3) is 4.22. The Morgan fingerprint density at radius 3 is 2.41 bits per heavy atom. The molecule has 0 saturated carbocycles. The van der Waals surface area contributed by atoms with E-state index in [1.807, 2.05) is 18.2 Å². The van der Waals surface area contributed by atoms with E-state index in [0.717, 1.165) is 11.3 Å². The van der Waals surface area contributed by atoms with Crippen molar-refractivity contribution in [3.8, 4) is 22.1 Å². The number of anilines is 1. The minimum Gasteiger partial charge on any atom is -0.493 e. The predicted molar refractivity (Wildman–Crippen MR) is 122 cm³/mol. The second-order valence-electron chi connectivity index (χ2n) is 7.13.